The van der Waals surface area contributed by atoms with Gasteiger partial charge < -0.3 is 24.8 Å². The fourth-order valence-electron chi connectivity index (χ4n) is 5.47. The van der Waals surface area contributed by atoms with E-state index < -0.39 is 5.60 Å². The Morgan fingerprint density at radius 3 is 2.42 bits per heavy atom. The number of anilines is 3. The van der Waals surface area contributed by atoms with Crippen LogP contribution in [0.15, 0.2) is 36.5 Å². The molecule has 0 bridgehead atoms. The Bertz CT molecular complexity index is 1210. The summed E-state index contributed by atoms with van der Waals surface area (Å²) in [5, 5.41) is 12.7. The van der Waals surface area contributed by atoms with Crippen molar-refractivity contribution in [3.8, 4) is 6.07 Å². The second-order valence-electron chi connectivity index (χ2n) is 11.1. The van der Waals surface area contributed by atoms with Crippen LogP contribution >= 0.6 is 0 Å². The van der Waals surface area contributed by atoms with Crippen molar-refractivity contribution in [1.29, 1.82) is 5.26 Å². The first kappa shape index (κ1) is 27.2. The molecule has 1 aromatic carbocycles. The number of nitrogens with one attached hydrogen (secondary N) is 1. The van der Waals surface area contributed by atoms with Gasteiger partial charge in [0.25, 0.3) is 0 Å². The summed E-state index contributed by atoms with van der Waals surface area (Å²) in [5.41, 5.74) is 2.99. The van der Waals surface area contributed by atoms with Crippen LogP contribution < -0.4 is 15.1 Å². The Labute approximate surface area is 225 Å². The number of rotatable bonds is 4. The number of hydrogen-bond acceptors (Lipinski definition) is 7. The van der Waals surface area contributed by atoms with Crippen molar-refractivity contribution < 1.29 is 14.3 Å². The molecule has 0 saturated carbocycles. The number of nitriles is 1. The molecule has 3 unspecified atom stereocenters. The summed E-state index contributed by atoms with van der Waals surface area (Å²) in [5.74, 6) is 0.834. The predicted octanol–water partition coefficient (Wildman–Crippen LogP) is 4.94. The van der Waals surface area contributed by atoms with Gasteiger partial charge in [-0.1, -0.05) is 13.8 Å². The molecule has 1 N–H and O–H groups in total. The van der Waals surface area contributed by atoms with Crippen molar-refractivity contribution in [2.75, 3.05) is 41.3 Å². The minimum atomic E-state index is -0.520. The van der Waals surface area contributed by atoms with E-state index in [0.29, 0.717) is 37.6 Å². The van der Waals surface area contributed by atoms with E-state index in [2.05, 4.69) is 47.3 Å². The molecule has 2 aliphatic heterocycles. The molecule has 9 nitrogen and oxygen atoms in total. The number of carbonyl (C=O) groups excluding carboxylic acids is 2. The zero-order valence-electron chi connectivity index (χ0n) is 23.2. The topological polar surface area (TPSA) is 102 Å². The van der Waals surface area contributed by atoms with Crippen LogP contribution in [-0.4, -0.2) is 59.7 Å². The van der Waals surface area contributed by atoms with Gasteiger partial charge >= 0.3 is 6.09 Å². The van der Waals surface area contributed by atoms with E-state index in [4.69, 9.17) is 10.00 Å². The summed E-state index contributed by atoms with van der Waals surface area (Å²) in [6, 6.07) is 11.9. The van der Waals surface area contributed by atoms with Crippen LogP contribution in [0.4, 0.5) is 22.0 Å². The quantitative estimate of drug-likeness (QED) is 0.611. The first-order chi connectivity index (χ1) is 18.0. The van der Waals surface area contributed by atoms with Crippen LogP contribution in [0.25, 0.3) is 0 Å². The zero-order chi connectivity index (χ0) is 27.6. The highest BCUT2D eigenvalue weighted by Crippen LogP contribution is 2.44. The molecule has 2 amide bonds. The van der Waals surface area contributed by atoms with E-state index in [0.717, 1.165) is 23.4 Å². The minimum Gasteiger partial charge on any atom is -0.444 e. The SMILES string of the molecule is CCC1C(C)C(Nc2ccc(C#N)cn2)c2cc(N3CCN(C(=O)OC(C)(C)C)CC3)ccc2N1C(C)=O. The van der Waals surface area contributed by atoms with Gasteiger partial charge in [0, 0.05) is 68.2 Å². The predicted molar refractivity (Wildman–Crippen MR) is 148 cm³/mol. The van der Waals surface area contributed by atoms with Gasteiger partial charge in [-0.15, -0.1) is 0 Å². The van der Waals surface area contributed by atoms with Crippen LogP contribution in [-0.2, 0) is 9.53 Å². The molecule has 1 fully saturated rings. The molecule has 3 atom stereocenters. The monoisotopic (exact) mass is 518 g/mol. The van der Waals surface area contributed by atoms with E-state index in [9.17, 15) is 9.59 Å². The Hall–Kier alpha value is -3.80. The van der Waals surface area contributed by atoms with Gasteiger partial charge in [0.15, 0.2) is 0 Å². The number of nitrogens with zero attached hydrogens (tertiary/aromatic N) is 5. The molecular weight excluding hydrogens is 480 g/mol. The van der Waals surface area contributed by atoms with Crippen molar-refractivity contribution in [3.05, 3.63) is 47.7 Å². The second kappa shape index (κ2) is 10.9. The maximum atomic E-state index is 12.8. The van der Waals surface area contributed by atoms with Crippen molar-refractivity contribution in [2.24, 2.45) is 5.92 Å². The average Bonchev–Trinajstić information content (AvgIpc) is 2.89. The molecule has 4 rings (SSSR count). The highest BCUT2D eigenvalue weighted by Gasteiger charge is 2.40. The van der Waals surface area contributed by atoms with E-state index in [1.165, 1.54) is 0 Å². The van der Waals surface area contributed by atoms with E-state index in [-0.39, 0.29) is 30.0 Å². The number of carbonyl (C=O) groups is 2. The van der Waals surface area contributed by atoms with Crippen LogP contribution in [0, 0.1) is 17.2 Å². The third-order valence-electron chi connectivity index (χ3n) is 7.32. The Morgan fingerprint density at radius 1 is 1.16 bits per heavy atom. The number of amides is 2. The summed E-state index contributed by atoms with van der Waals surface area (Å²) < 4.78 is 5.54. The van der Waals surface area contributed by atoms with Gasteiger partial charge in [-0.25, -0.2) is 9.78 Å². The van der Waals surface area contributed by atoms with Gasteiger partial charge in [-0.05, 0) is 57.5 Å². The fraction of sp³-hybridized carbons (Fsp3) is 0.517. The number of hydrogen-bond donors (Lipinski definition) is 1. The molecule has 1 aromatic heterocycles. The van der Waals surface area contributed by atoms with Gasteiger partial charge in [0.1, 0.15) is 17.5 Å². The average molecular weight is 519 g/mol. The summed E-state index contributed by atoms with van der Waals surface area (Å²) in [4.78, 5) is 35.7. The number of benzene rings is 1. The Kier molecular flexibility index (Phi) is 7.81. The molecule has 3 heterocycles. The number of aromatic nitrogens is 1. The molecule has 1 saturated heterocycles. The third kappa shape index (κ3) is 5.69. The maximum absolute atomic E-state index is 12.8. The van der Waals surface area contributed by atoms with Crippen LogP contribution in [0.5, 0.6) is 0 Å². The standard InChI is InChI=1S/C29H38N6O3/c1-7-24-19(2)27(32-26-11-8-21(17-30)18-31-26)23-16-22(9-10-25(23)35(24)20(3)36)33-12-14-34(15-13-33)28(37)38-29(4,5)6/h8-11,16,18-19,24,27H,7,12-15H2,1-6H3,(H,31,32). The van der Waals surface area contributed by atoms with Crippen molar-refractivity contribution >= 4 is 29.2 Å². The Morgan fingerprint density at radius 2 is 1.87 bits per heavy atom. The number of ether oxygens (including phenoxy) is 1. The van der Waals surface area contributed by atoms with E-state index in [1.54, 1.807) is 24.1 Å². The van der Waals surface area contributed by atoms with Gasteiger partial charge in [0.2, 0.25) is 5.91 Å². The normalized spacial score (nSPS) is 21.4. The first-order valence-corrected chi connectivity index (χ1v) is 13.3. The lowest BCUT2D eigenvalue weighted by atomic mass is 9.80. The smallest absolute Gasteiger partial charge is 0.410 e. The number of fused-ring (bicyclic) bond motifs is 1. The highest BCUT2D eigenvalue weighted by atomic mass is 16.6. The zero-order valence-corrected chi connectivity index (χ0v) is 23.2. The van der Waals surface area contributed by atoms with Crippen LogP contribution in [0.3, 0.4) is 0 Å². The summed E-state index contributed by atoms with van der Waals surface area (Å²) in [6.45, 7) is 14.1. The fourth-order valence-corrected chi connectivity index (χ4v) is 5.47. The number of pyridine rings is 1. The van der Waals surface area contributed by atoms with Gasteiger partial charge in [-0.3, -0.25) is 4.79 Å². The molecule has 2 aromatic rings. The summed E-state index contributed by atoms with van der Waals surface area (Å²) in [7, 11) is 0. The van der Waals surface area contributed by atoms with Crippen LogP contribution in [0.2, 0.25) is 0 Å². The summed E-state index contributed by atoms with van der Waals surface area (Å²) >= 11 is 0. The minimum absolute atomic E-state index is 0.0265. The second-order valence-corrected chi connectivity index (χ2v) is 11.1. The molecule has 9 heteroatoms. The van der Waals surface area contributed by atoms with Crippen molar-refractivity contribution in [1.82, 2.24) is 9.88 Å². The lowest BCUT2D eigenvalue weighted by Crippen LogP contribution is -2.51. The molecule has 38 heavy (non-hydrogen) atoms. The molecule has 0 spiro atoms. The first-order valence-electron chi connectivity index (χ1n) is 13.3. The highest BCUT2D eigenvalue weighted by molar-refractivity contribution is 5.94. The maximum Gasteiger partial charge on any atom is 0.410 e. The molecule has 2 aliphatic rings. The van der Waals surface area contributed by atoms with Crippen molar-refractivity contribution in [3.63, 3.8) is 0 Å². The van der Waals surface area contributed by atoms with E-state index in [1.807, 2.05) is 37.8 Å². The van der Waals surface area contributed by atoms with Crippen LogP contribution in [0.1, 0.15) is 65.1 Å². The molecule has 0 aliphatic carbocycles. The van der Waals surface area contributed by atoms with Gasteiger partial charge in [0.05, 0.1) is 11.6 Å². The van der Waals surface area contributed by atoms with Gasteiger partial charge in [-0.2, -0.15) is 5.26 Å². The Balaban J connectivity index is 1.62. The lowest BCUT2D eigenvalue weighted by Gasteiger charge is -2.46. The number of piperazine rings is 1. The molecule has 202 valence electrons. The largest absolute Gasteiger partial charge is 0.444 e. The third-order valence-corrected chi connectivity index (χ3v) is 7.32. The van der Waals surface area contributed by atoms with Crippen molar-refractivity contribution in [2.45, 2.75) is 65.6 Å². The molecular formula is C29H38N6O3. The lowest BCUT2D eigenvalue weighted by molar-refractivity contribution is -0.117. The summed E-state index contributed by atoms with van der Waals surface area (Å²) in [6.07, 6.45) is 2.11. The molecule has 0 radical (unpaired) electrons. The van der Waals surface area contributed by atoms with E-state index >= 15 is 0 Å².